The number of benzene rings is 2. The predicted octanol–water partition coefficient (Wildman–Crippen LogP) is 2.15. The van der Waals surface area contributed by atoms with E-state index in [2.05, 4.69) is 26.5 Å². The molecule has 0 unspecified atom stereocenters. The quantitative estimate of drug-likeness (QED) is 0.185. The monoisotopic (exact) mass is 615 g/mol. The van der Waals surface area contributed by atoms with Crippen LogP contribution in [0.3, 0.4) is 0 Å². The van der Waals surface area contributed by atoms with Crippen LogP contribution >= 0.6 is 0 Å². The number of anilines is 2. The van der Waals surface area contributed by atoms with Crippen LogP contribution in [-0.2, 0) is 28.2 Å². The van der Waals surface area contributed by atoms with Gasteiger partial charge in [-0.3, -0.25) is 0 Å². The minimum absolute atomic E-state index is 0. The van der Waals surface area contributed by atoms with Crippen molar-refractivity contribution in [2.45, 2.75) is 14.4 Å². The SMILES string of the molecule is C.COc1cc(N=Nc2n(C)cc[n+]2C)c(C)cc1N(C)C.COc1cc(N=Nc2n(C)cc[n+]2C)c(OC)cc1N.[Cl-]. The van der Waals surface area contributed by atoms with E-state index < -0.39 is 0 Å². The van der Waals surface area contributed by atoms with Crippen molar-refractivity contribution in [2.24, 2.45) is 48.6 Å². The van der Waals surface area contributed by atoms with Gasteiger partial charge in [0.2, 0.25) is 0 Å². The summed E-state index contributed by atoms with van der Waals surface area (Å²) in [7, 11) is 16.4. The van der Waals surface area contributed by atoms with Crippen molar-refractivity contribution in [2.75, 3.05) is 46.1 Å². The number of rotatable bonds is 8. The van der Waals surface area contributed by atoms with Gasteiger partial charge in [0, 0.05) is 42.5 Å². The summed E-state index contributed by atoms with van der Waals surface area (Å²) in [5, 5.41) is 17.1. The molecule has 2 aromatic heterocycles. The van der Waals surface area contributed by atoms with Crippen molar-refractivity contribution in [1.82, 2.24) is 9.13 Å². The molecule has 234 valence electrons. The van der Waals surface area contributed by atoms with Crippen LogP contribution in [0.15, 0.2) is 69.5 Å². The number of aromatic nitrogens is 4. The molecule has 0 aliphatic heterocycles. The van der Waals surface area contributed by atoms with Gasteiger partial charge in [0.05, 0.1) is 85.7 Å². The Labute approximate surface area is 260 Å². The van der Waals surface area contributed by atoms with Gasteiger partial charge in [-0.25, -0.2) is 18.3 Å². The molecule has 0 fully saturated rings. The molecule has 0 bridgehead atoms. The molecule has 43 heavy (non-hydrogen) atoms. The molecule has 0 aliphatic rings. The Morgan fingerprint density at radius 3 is 1.60 bits per heavy atom. The van der Waals surface area contributed by atoms with E-state index in [1.807, 2.05) is 103 Å². The fourth-order valence-corrected chi connectivity index (χ4v) is 3.91. The van der Waals surface area contributed by atoms with E-state index in [1.165, 1.54) is 0 Å². The molecule has 4 aromatic rings. The first-order valence-electron chi connectivity index (χ1n) is 12.7. The number of hydrogen-bond donors (Lipinski definition) is 1. The van der Waals surface area contributed by atoms with Gasteiger partial charge < -0.3 is 37.3 Å². The standard InChI is InChI=1S/C15H22N5O.C13H17N5O2.CH4.ClH/c1-11-9-13(18(2)3)14(21-6)10-12(11)16-17-15-19(4)7-8-20(15)5;1-17-5-6-18(2)13(17)16-15-10-8-11(19-3)9(14)7-12(10)20-4;;/h7-10H,1-6H3;5-8,14H,1-4H3;1H4;1H/q+1;;;. The Hall–Kier alpha value is -4.65. The van der Waals surface area contributed by atoms with Crippen LogP contribution < -0.4 is 46.4 Å². The molecule has 2 aromatic carbocycles. The zero-order valence-electron chi connectivity index (χ0n) is 25.8. The highest BCUT2D eigenvalue weighted by molar-refractivity contribution is 5.67. The summed E-state index contributed by atoms with van der Waals surface area (Å²) < 4.78 is 23.4. The first-order valence-corrected chi connectivity index (χ1v) is 12.7. The lowest BCUT2D eigenvalue weighted by Gasteiger charge is -2.17. The first kappa shape index (κ1) is 36.4. The van der Waals surface area contributed by atoms with Crippen LogP contribution in [0.2, 0.25) is 0 Å². The van der Waals surface area contributed by atoms with Gasteiger partial charge in [0.25, 0.3) is 0 Å². The van der Waals surface area contributed by atoms with Crippen molar-refractivity contribution >= 4 is 34.6 Å². The molecule has 0 aliphatic carbocycles. The van der Waals surface area contributed by atoms with E-state index >= 15 is 0 Å². The second-order valence-electron chi connectivity index (χ2n) is 9.51. The van der Waals surface area contributed by atoms with Gasteiger partial charge in [0.15, 0.2) is 0 Å². The lowest BCUT2D eigenvalue weighted by Crippen LogP contribution is -3.00. The number of azo groups is 2. The first-order chi connectivity index (χ1) is 19.5. The van der Waals surface area contributed by atoms with Crippen LogP contribution in [0.1, 0.15) is 13.0 Å². The molecular weight excluding hydrogens is 572 g/mol. The van der Waals surface area contributed by atoms with E-state index in [0.29, 0.717) is 28.8 Å². The Bertz CT molecular complexity index is 1520. The lowest BCUT2D eigenvalue weighted by atomic mass is 10.1. The van der Waals surface area contributed by atoms with Crippen LogP contribution in [0, 0.1) is 6.92 Å². The Kier molecular flexibility index (Phi) is 13.6. The third kappa shape index (κ3) is 8.67. The van der Waals surface area contributed by atoms with E-state index in [1.54, 1.807) is 33.5 Å². The average molecular weight is 616 g/mol. The van der Waals surface area contributed by atoms with E-state index in [0.717, 1.165) is 28.6 Å². The van der Waals surface area contributed by atoms with E-state index in [9.17, 15) is 0 Å². The van der Waals surface area contributed by atoms with Gasteiger partial charge >= 0.3 is 11.9 Å². The summed E-state index contributed by atoms with van der Waals surface area (Å²) in [6, 6.07) is 7.33. The maximum atomic E-state index is 5.83. The molecule has 14 heteroatoms. The number of halogens is 1. The molecule has 4 rings (SSSR count). The van der Waals surface area contributed by atoms with Gasteiger partial charge in [-0.15, -0.1) is 0 Å². The van der Waals surface area contributed by atoms with E-state index in [-0.39, 0.29) is 19.8 Å². The van der Waals surface area contributed by atoms with Crippen molar-refractivity contribution in [1.29, 1.82) is 0 Å². The lowest BCUT2D eigenvalue weighted by molar-refractivity contribution is -0.657. The molecule has 13 nitrogen and oxygen atoms in total. The summed E-state index contributed by atoms with van der Waals surface area (Å²) in [5.74, 6) is 3.36. The largest absolute Gasteiger partial charge is 1.00 e. The number of nitrogens with zero attached hydrogens (tertiary/aromatic N) is 9. The number of nitrogen functional groups attached to an aromatic ring is 1. The Morgan fingerprint density at radius 1 is 0.721 bits per heavy atom. The highest BCUT2D eigenvalue weighted by atomic mass is 35.5. The predicted molar refractivity (Wildman–Crippen MR) is 164 cm³/mol. The summed E-state index contributed by atoms with van der Waals surface area (Å²) in [6.07, 6.45) is 7.68. The fraction of sp³-hybridized carbons (Fsp3) is 0.379. The highest BCUT2D eigenvalue weighted by Gasteiger charge is 2.15. The number of hydrogen-bond acceptors (Lipinski definition) is 9. The number of imidazole rings is 2. The third-order valence-corrected chi connectivity index (χ3v) is 6.29. The van der Waals surface area contributed by atoms with Crippen molar-refractivity contribution in [3.05, 3.63) is 54.6 Å². The smallest absolute Gasteiger partial charge is 0.421 e. The molecule has 0 amide bonds. The number of ether oxygens (including phenoxy) is 3. The van der Waals surface area contributed by atoms with E-state index in [4.69, 9.17) is 19.9 Å². The molecular formula is C29H44ClN10O3+. The Balaban J connectivity index is 0.000000411. The molecule has 0 atom stereocenters. The highest BCUT2D eigenvalue weighted by Crippen LogP contribution is 2.37. The van der Waals surface area contributed by atoms with Gasteiger partial charge in [-0.2, -0.15) is 0 Å². The zero-order chi connectivity index (χ0) is 30.3. The van der Waals surface area contributed by atoms with Crippen molar-refractivity contribution < 1.29 is 35.8 Å². The topological polar surface area (TPSA) is 124 Å². The fourth-order valence-electron chi connectivity index (χ4n) is 3.91. The molecule has 2 heterocycles. The second kappa shape index (κ2) is 16.1. The van der Waals surface area contributed by atoms with Crippen LogP contribution in [0.4, 0.5) is 34.6 Å². The minimum Gasteiger partial charge on any atom is -1.00 e. The van der Waals surface area contributed by atoms with Crippen LogP contribution in [0.5, 0.6) is 17.2 Å². The summed E-state index contributed by atoms with van der Waals surface area (Å²) in [5.41, 5.74) is 9.76. The third-order valence-electron chi connectivity index (χ3n) is 6.29. The number of methoxy groups -OCH3 is 3. The second-order valence-corrected chi connectivity index (χ2v) is 9.51. The average Bonchev–Trinajstić information content (AvgIpc) is 3.45. The van der Waals surface area contributed by atoms with Gasteiger partial charge in [-0.1, -0.05) is 17.7 Å². The minimum atomic E-state index is 0. The Morgan fingerprint density at radius 2 is 1.19 bits per heavy atom. The van der Waals surface area contributed by atoms with Gasteiger partial charge in [-0.05, 0) is 18.6 Å². The molecule has 0 radical (unpaired) electrons. The van der Waals surface area contributed by atoms with Crippen LogP contribution in [0.25, 0.3) is 0 Å². The zero-order valence-corrected chi connectivity index (χ0v) is 26.6. The normalized spacial score (nSPS) is 10.6. The van der Waals surface area contributed by atoms with Crippen molar-refractivity contribution in [3.8, 4) is 17.2 Å². The number of aryl methyl sites for hydroxylation is 5. The maximum absolute atomic E-state index is 5.83. The van der Waals surface area contributed by atoms with Crippen LogP contribution in [-0.4, -0.2) is 44.6 Å². The molecule has 0 saturated heterocycles. The molecule has 0 spiro atoms. The summed E-state index contributed by atoms with van der Waals surface area (Å²) in [4.78, 5) is 2.02. The van der Waals surface area contributed by atoms with Gasteiger partial charge in [0.1, 0.15) is 28.6 Å². The molecule has 2 N–H and O–H groups in total. The maximum Gasteiger partial charge on any atom is 0.421 e. The summed E-state index contributed by atoms with van der Waals surface area (Å²) in [6.45, 7) is 2.02. The summed E-state index contributed by atoms with van der Waals surface area (Å²) >= 11 is 0. The number of nitrogens with two attached hydrogens (primary N) is 1. The van der Waals surface area contributed by atoms with Crippen molar-refractivity contribution in [3.63, 3.8) is 0 Å². The molecule has 0 saturated carbocycles.